The van der Waals surface area contributed by atoms with E-state index in [1.165, 1.54) is 0 Å². The molecule has 0 aromatic heterocycles. The Morgan fingerprint density at radius 2 is 1.81 bits per heavy atom. The second kappa shape index (κ2) is 4.84. The molecule has 16 heavy (non-hydrogen) atoms. The van der Waals surface area contributed by atoms with E-state index in [2.05, 4.69) is 4.72 Å². The summed E-state index contributed by atoms with van der Waals surface area (Å²) >= 11 is 0. The third-order valence-corrected chi connectivity index (χ3v) is 4.09. The Hall–Kier alpha value is -1.07. The molecule has 1 aromatic carbocycles. The minimum atomic E-state index is -3.48. The van der Waals surface area contributed by atoms with Crippen molar-refractivity contribution < 1.29 is 8.42 Å². The lowest BCUT2D eigenvalue weighted by Crippen LogP contribution is -2.26. The molecule has 3 N–H and O–H groups in total. The van der Waals surface area contributed by atoms with Crippen LogP contribution in [0.15, 0.2) is 17.0 Å². The molecule has 4 nitrogen and oxygen atoms in total. The predicted octanol–water partition coefficient (Wildman–Crippen LogP) is 1.57. The van der Waals surface area contributed by atoms with Gasteiger partial charge in [0.15, 0.2) is 0 Å². The highest BCUT2D eigenvalue weighted by Crippen LogP contribution is 2.25. The minimum Gasteiger partial charge on any atom is -0.397 e. The molecular weight excluding hydrogens is 224 g/mol. The summed E-state index contributed by atoms with van der Waals surface area (Å²) in [4.78, 5) is 0.209. The zero-order valence-electron chi connectivity index (χ0n) is 9.87. The first kappa shape index (κ1) is 13.0. The molecular formula is C11H18N2O2S. The summed E-state index contributed by atoms with van der Waals surface area (Å²) in [6.07, 6.45) is 0.754. The molecule has 0 saturated carbocycles. The molecule has 0 heterocycles. The first-order valence-corrected chi connectivity index (χ1v) is 6.73. The standard InChI is InChI=1S/C11H18N2O2S/c1-4-7-13-16(14,15)11-9(3)6-5-8(2)10(11)12/h5-6,13H,4,7,12H2,1-3H3. The monoisotopic (exact) mass is 242 g/mol. The zero-order valence-corrected chi connectivity index (χ0v) is 10.7. The van der Waals surface area contributed by atoms with Gasteiger partial charge in [-0.3, -0.25) is 0 Å². The van der Waals surface area contributed by atoms with E-state index in [1.807, 2.05) is 13.0 Å². The molecule has 0 fully saturated rings. The van der Waals surface area contributed by atoms with Crippen LogP contribution in [0.2, 0.25) is 0 Å². The number of nitrogens with one attached hydrogen (secondary N) is 1. The van der Waals surface area contributed by atoms with Crippen molar-refractivity contribution in [3.63, 3.8) is 0 Å². The average Bonchev–Trinajstić information content (AvgIpc) is 2.21. The van der Waals surface area contributed by atoms with Gasteiger partial charge < -0.3 is 5.73 Å². The van der Waals surface area contributed by atoms with Gasteiger partial charge in [0.2, 0.25) is 10.0 Å². The third-order valence-electron chi connectivity index (χ3n) is 2.42. The molecule has 0 bridgehead atoms. The number of benzene rings is 1. The second-order valence-corrected chi connectivity index (χ2v) is 5.54. The van der Waals surface area contributed by atoms with Gasteiger partial charge in [-0.05, 0) is 31.4 Å². The number of nitrogen functional groups attached to an aromatic ring is 1. The van der Waals surface area contributed by atoms with Crippen LogP contribution in [0.5, 0.6) is 0 Å². The second-order valence-electron chi connectivity index (χ2n) is 3.84. The van der Waals surface area contributed by atoms with Crippen LogP contribution in [0.1, 0.15) is 24.5 Å². The normalized spacial score (nSPS) is 11.7. The first-order valence-electron chi connectivity index (χ1n) is 5.25. The number of hydrogen-bond acceptors (Lipinski definition) is 3. The van der Waals surface area contributed by atoms with Gasteiger partial charge in [0.1, 0.15) is 4.90 Å². The molecule has 0 saturated heterocycles. The fraction of sp³-hybridized carbons (Fsp3) is 0.455. The highest BCUT2D eigenvalue weighted by Gasteiger charge is 2.20. The van der Waals surface area contributed by atoms with E-state index in [-0.39, 0.29) is 4.90 Å². The maximum Gasteiger partial charge on any atom is 0.242 e. The number of sulfonamides is 1. The molecule has 0 atom stereocenters. The Balaban J connectivity index is 3.27. The summed E-state index contributed by atoms with van der Waals surface area (Å²) in [6.45, 7) is 5.88. The maximum atomic E-state index is 12.0. The van der Waals surface area contributed by atoms with Crippen molar-refractivity contribution in [1.29, 1.82) is 0 Å². The van der Waals surface area contributed by atoms with E-state index >= 15 is 0 Å². The van der Waals surface area contributed by atoms with Crippen LogP contribution in [-0.4, -0.2) is 15.0 Å². The Labute approximate surface area is 96.9 Å². The van der Waals surface area contributed by atoms with E-state index in [9.17, 15) is 8.42 Å². The van der Waals surface area contributed by atoms with Gasteiger partial charge >= 0.3 is 0 Å². The summed E-state index contributed by atoms with van der Waals surface area (Å²) in [5.74, 6) is 0. The first-order chi connectivity index (χ1) is 7.40. The van der Waals surface area contributed by atoms with E-state index in [0.717, 1.165) is 12.0 Å². The van der Waals surface area contributed by atoms with E-state index < -0.39 is 10.0 Å². The average molecular weight is 242 g/mol. The molecule has 1 aromatic rings. The van der Waals surface area contributed by atoms with Gasteiger partial charge in [-0.2, -0.15) is 0 Å². The van der Waals surface area contributed by atoms with Crippen LogP contribution in [-0.2, 0) is 10.0 Å². The van der Waals surface area contributed by atoms with Crippen molar-refractivity contribution in [1.82, 2.24) is 4.72 Å². The SMILES string of the molecule is CCCNS(=O)(=O)c1c(C)ccc(C)c1N. The fourth-order valence-electron chi connectivity index (χ4n) is 1.47. The lowest BCUT2D eigenvalue weighted by Gasteiger charge is -2.13. The minimum absolute atomic E-state index is 0.209. The molecule has 0 aliphatic carbocycles. The number of hydrogen-bond donors (Lipinski definition) is 2. The summed E-state index contributed by atoms with van der Waals surface area (Å²) in [5, 5.41) is 0. The summed E-state index contributed by atoms with van der Waals surface area (Å²) < 4.78 is 26.5. The van der Waals surface area contributed by atoms with Gasteiger partial charge in [-0.1, -0.05) is 19.1 Å². The smallest absolute Gasteiger partial charge is 0.242 e. The third kappa shape index (κ3) is 2.54. The predicted molar refractivity (Wildman–Crippen MR) is 65.8 cm³/mol. The lowest BCUT2D eigenvalue weighted by molar-refractivity contribution is 0.580. The molecule has 0 radical (unpaired) electrons. The number of nitrogens with two attached hydrogens (primary N) is 1. The molecule has 0 aliphatic rings. The van der Waals surface area contributed by atoms with E-state index in [0.29, 0.717) is 17.8 Å². The van der Waals surface area contributed by atoms with Crippen molar-refractivity contribution in [2.24, 2.45) is 0 Å². The largest absolute Gasteiger partial charge is 0.397 e. The molecule has 5 heteroatoms. The Bertz CT molecular complexity index is 481. The van der Waals surface area contributed by atoms with Gasteiger partial charge in [0.05, 0.1) is 5.69 Å². The number of rotatable bonds is 4. The molecule has 0 unspecified atom stereocenters. The van der Waals surface area contributed by atoms with Crippen LogP contribution in [0.4, 0.5) is 5.69 Å². The van der Waals surface area contributed by atoms with Crippen LogP contribution in [0.3, 0.4) is 0 Å². The van der Waals surface area contributed by atoms with Gasteiger partial charge in [0, 0.05) is 6.54 Å². The summed E-state index contributed by atoms with van der Waals surface area (Å²) in [7, 11) is -3.48. The Morgan fingerprint density at radius 3 is 2.38 bits per heavy atom. The molecule has 1 rings (SSSR count). The summed E-state index contributed by atoms with van der Waals surface area (Å²) in [6, 6.07) is 3.59. The summed E-state index contributed by atoms with van der Waals surface area (Å²) in [5.41, 5.74) is 7.61. The highest BCUT2D eigenvalue weighted by molar-refractivity contribution is 7.89. The molecule has 0 spiro atoms. The van der Waals surface area contributed by atoms with Crippen molar-refractivity contribution in [2.75, 3.05) is 12.3 Å². The topological polar surface area (TPSA) is 72.2 Å². The maximum absolute atomic E-state index is 12.0. The lowest BCUT2D eigenvalue weighted by atomic mass is 10.1. The quantitative estimate of drug-likeness (QED) is 0.787. The fourth-order valence-corrected chi connectivity index (χ4v) is 3.03. The molecule has 0 amide bonds. The van der Waals surface area contributed by atoms with Crippen LogP contribution >= 0.6 is 0 Å². The molecule has 90 valence electrons. The zero-order chi connectivity index (χ0) is 12.3. The highest BCUT2D eigenvalue weighted by atomic mass is 32.2. The van der Waals surface area contributed by atoms with E-state index in [1.54, 1.807) is 19.9 Å². The van der Waals surface area contributed by atoms with Gasteiger partial charge in [-0.25, -0.2) is 13.1 Å². The Morgan fingerprint density at radius 1 is 1.25 bits per heavy atom. The van der Waals surface area contributed by atoms with Crippen LogP contribution in [0.25, 0.3) is 0 Å². The van der Waals surface area contributed by atoms with Gasteiger partial charge in [0.25, 0.3) is 0 Å². The van der Waals surface area contributed by atoms with Crippen LogP contribution < -0.4 is 10.5 Å². The van der Waals surface area contributed by atoms with Crippen molar-refractivity contribution >= 4 is 15.7 Å². The van der Waals surface area contributed by atoms with Gasteiger partial charge in [-0.15, -0.1) is 0 Å². The van der Waals surface area contributed by atoms with E-state index in [4.69, 9.17) is 5.73 Å². The van der Waals surface area contributed by atoms with Crippen molar-refractivity contribution in [3.8, 4) is 0 Å². The number of anilines is 1. The molecule has 0 aliphatic heterocycles. The van der Waals surface area contributed by atoms with Crippen molar-refractivity contribution in [2.45, 2.75) is 32.1 Å². The van der Waals surface area contributed by atoms with Crippen LogP contribution in [0, 0.1) is 13.8 Å². The van der Waals surface area contributed by atoms with Crippen molar-refractivity contribution in [3.05, 3.63) is 23.3 Å². The number of aryl methyl sites for hydroxylation is 2. The Kier molecular flexibility index (Phi) is 3.93.